The van der Waals surface area contributed by atoms with Gasteiger partial charge in [-0.15, -0.1) is 26.6 Å². The number of carbonyl (C=O) groups is 1. The Morgan fingerprint density at radius 1 is 1.19 bits per heavy atom. The molecule has 1 aromatic carbocycles. The second-order valence-electron chi connectivity index (χ2n) is 5.40. The summed E-state index contributed by atoms with van der Waals surface area (Å²) in [6.45, 7) is 0. The molecule has 0 saturated carbocycles. The number of thiazole rings is 1. The van der Waals surface area contributed by atoms with Gasteiger partial charge >= 0.3 is 5.97 Å². The lowest BCUT2D eigenvalue weighted by atomic mass is 10.2. The highest BCUT2D eigenvalue weighted by Crippen LogP contribution is 2.28. The summed E-state index contributed by atoms with van der Waals surface area (Å²) in [5, 5.41) is 17.2. The zero-order valence-corrected chi connectivity index (χ0v) is 15.2. The van der Waals surface area contributed by atoms with E-state index in [9.17, 15) is 4.79 Å². The van der Waals surface area contributed by atoms with Crippen LogP contribution in [0.2, 0.25) is 0 Å². The molecule has 0 aliphatic carbocycles. The third kappa shape index (κ3) is 3.29. The van der Waals surface area contributed by atoms with Crippen LogP contribution in [0, 0.1) is 0 Å². The smallest absolute Gasteiger partial charge is 0.358 e. The lowest BCUT2D eigenvalue weighted by Crippen LogP contribution is -2.06. The number of carbonyl (C=O) groups excluding carboxylic acids is 1. The lowest BCUT2D eigenvalue weighted by molar-refractivity contribution is 0.0593. The van der Waals surface area contributed by atoms with Crippen molar-refractivity contribution in [2.75, 3.05) is 19.5 Å². The molecule has 1 N–H and O–H groups in total. The molecule has 3 aromatic heterocycles. The van der Waals surface area contributed by atoms with Gasteiger partial charge in [0.1, 0.15) is 5.75 Å². The monoisotopic (exact) mass is 382 g/mol. The number of anilines is 2. The topological polar surface area (TPSA) is 104 Å². The molecule has 0 saturated heterocycles. The molecular formula is C17H14N6O3S. The average Bonchev–Trinajstić information content (AvgIpc) is 3.28. The number of rotatable bonds is 5. The highest BCUT2D eigenvalue weighted by molar-refractivity contribution is 7.15. The summed E-state index contributed by atoms with van der Waals surface area (Å²) in [7, 11) is 2.92. The number of fused-ring (bicyclic) bond motifs is 1. The van der Waals surface area contributed by atoms with Crippen molar-refractivity contribution in [2.24, 2.45) is 0 Å². The van der Waals surface area contributed by atoms with Crippen molar-refractivity contribution in [1.82, 2.24) is 24.8 Å². The second kappa shape index (κ2) is 7.00. The molecule has 136 valence electrons. The number of aromatic nitrogens is 5. The van der Waals surface area contributed by atoms with E-state index < -0.39 is 5.97 Å². The van der Waals surface area contributed by atoms with E-state index in [1.54, 1.807) is 17.7 Å². The Balaban J connectivity index is 1.61. The van der Waals surface area contributed by atoms with Gasteiger partial charge in [0.15, 0.2) is 11.5 Å². The Kier molecular flexibility index (Phi) is 4.38. The van der Waals surface area contributed by atoms with E-state index in [4.69, 9.17) is 4.74 Å². The van der Waals surface area contributed by atoms with Crippen molar-refractivity contribution in [3.63, 3.8) is 0 Å². The molecule has 0 atom stereocenters. The van der Waals surface area contributed by atoms with Crippen LogP contribution in [0.25, 0.3) is 16.2 Å². The fourth-order valence-electron chi connectivity index (χ4n) is 2.44. The number of ether oxygens (including phenoxy) is 2. The highest BCUT2D eigenvalue weighted by Gasteiger charge is 2.13. The normalized spacial score (nSPS) is 10.7. The van der Waals surface area contributed by atoms with Crippen LogP contribution in [0.3, 0.4) is 0 Å². The molecule has 0 aliphatic heterocycles. The summed E-state index contributed by atoms with van der Waals surface area (Å²) < 4.78 is 11.6. The standard InChI is InChI=1S/C17H14N6O3S/c1-25-11-5-3-4-10(8-11)13-9-27-17-19-16(22-23(13)17)18-14-7-6-12(20-21-14)15(24)26-2/h3-9H,1-2H3,(H,18,21,22). The first-order valence-corrected chi connectivity index (χ1v) is 8.73. The number of esters is 1. The van der Waals surface area contributed by atoms with Crippen molar-refractivity contribution in [3.05, 3.63) is 47.5 Å². The quantitative estimate of drug-likeness (QED) is 0.526. The van der Waals surface area contributed by atoms with Crippen molar-refractivity contribution >= 4 is 34.0 Å². The van der Waals surface area contributed by atoms with Crippen LogP contribution >= 0.6 is 11.3 Å². The van der Waals surface area contributed by atoms with Gasteiger partial charge in [-0.25, -0.2) is 9.31 Å². The number of nitrogens with zero attached hydrogens (tertiary/aromatic N) is 5. The van der Waals surface area contributed by atoms with Crippen LogP contribution in [0.1, 0.15) is 10.5 Å². The minimum absolute atomic E-state index is 0.127. The molecule has 0 aliphatic rings. The molecule has 0 unspecified atom stereocenters. The Morgan fingerprint density at radius 2 is 2.07 bits per heavy atom. The average molecular weight is 382 g/mol. The minimum atomic E-state index is -0.544. The Morgan fingerprint density at radius 3 is 2.81 bits per heavy atom. The Bertz CT molecular complexity index is 1110. The van der Waals surface area contributed by atoms with E-state index in [2.05, 4.69) is 30.3 Å². The van der Waals surface area contributed by atoms with Gasteiger partial charge < -0.3 is 14.8 Å². The third-order valence-corrected chi connectivity index (χ3v) is 4.56. The largest absolute Gasteiger partial charge is 0.497 e. The van der Waals surface area contributed by atoms with Crippen molar-refractivity contribution < 1.29 is 14.3 Å². The number of hydrogen-bond acceptors (Lipinski definition) is 9. The van der Waals surface area contributed by atoms with Crippen molar-refractivity contribution in [1.29, 1.82) is 0 Å². The maximum atomic E-state index is 11.4. The Hall–Kier alpha value is -3.53. The summed E-state index contributed by atoms with van der Waals surface area (Å²) in [6, 6.07) is 10.9. The first-order chi connectivity index (χ1) is 13.2. The van der Waals surface area contributed by atoms with Gasteiger partial charge in [0.25, 0.3) is 0 Å². The zero-order chi connectivity index (χ0) is 18.8. The van der Waals surface area contributed by atoms with Gasteiger partial charge in [-0.3, -0.25) is 0 Å². The maximum Gasteiger partial charge on any atom is 0.358 e. The molecule has 3 heterocycles. The number of methoxy groups -OCH3 is 2. The fraction of sp³-hybridized carbons (Fsp3) is 0.118. The van der Waals surface area contributed by atoms with Crippen molar-refractivity contribution in [3.8, 4) is 17.0 Å². The molecule has 0 radical (unpaired) electrons. The molecule has 0 fully saturated rings. The molecule has 0 amide bonds. The van der Waals surface area contributed by atoms with E-state index in [1.165, 1.54) is 24.5 Å². The highest BCUT2D eigenvalue weighted by atomic mass is 32.1. The maximum absolute atomic E-state index is 11.4. The molecule has 27 heavy (non-hydrogen) atoms. The van der Waals surface area contributed by atoms with E-state index in [0.717, 1.165) is 22.0 Å². The zero-order valence-electron chi connectivity index (χ0n) is 14.4. The molecule has 0 bridgehead atoms. The molecule has 9 nitrogen and oxygen atoms in total. The summed E-state index contributed by atoms with van der Waals surface area (Å²) in [5.74, 6) is 1.03. The predicted octanol–water partition coefficient (Wildman–Crippen LogP) is 2.79. The Labute approximate surface area is 157 Å². The van der Waals surface area contributed by atoms with E-state index in [1.807, 2.05) is 29.6 Å². The van der Waals surface area contributed by atoms with Gasteiger partial charge in [-0.1, -0.05) is 12.1 Å². The van der Waals surface area contributed by atoms with E-state index >= 15 is 0 Å². The minimum Gasteiger partial charge on any atom is -0.497 e. The number of benzene rings is 1. The summed E-state index contributed by atoms with van der Waals surface area (Å²) >= 11 is 1.47. The van der Waals surface area contributed by atoms with E-state index in [0.29, 0.717) is 11.8 Å². The first-order valence-electron chi connectivity index (χ1n) is 7.85. The summed E-state index contributed by atoms with van der Waals surface area (Å²) in [5.41, 5.74) is 2.00. The molecule has 0 spiro atoms. The van der Waals surface area contributed by atoms with Gasteiger partial charge in [0.2, 0.25) is 10.9 Å². The van der Waals surface area contributed by atoms with Crippen LogP contribution in [-0.4, -0.2) is 45.0 Å². The van der Waals surface area contributed by atoms with Crippen LogP contribution in [0.4, 0.5) is 11.8 Å². The third-order valence-electron chi connectivity index (χ3n) is 3.75. The van der Waals surface area contributed by atoms with Crippen LogP contribution < -0.4 is 10.1 Å². The summed E-state index contributed by atoms with van der Waals surface area (Å²) in [4.78, 5) is 16.6. The SMILES string of the molecule is COC(=O)c1ccc(Nc2nc3scc(-c4cccc(OC)c4)n3n2)nn1. The first kappa shape index (κ1) is 16.9. The number of hydrogen-bond donors (Lipinski definition) is 1. The van der Waals surface area contributed by atoms with Crippen LogP contribution in [0.5, 0.6) is 5.75 Å². The molecule has 4 rings (SSSR count). The van der Waals surface area contributed by atoms with Crippen molar-refractivity contribution in [2.45, 2.75) is 0 Å². The van der Waals surface area contributed by atoms with Crippen LogP contribution in [0.15, 0.2) is 41.8 Å². The summed E-state index contributed by atoms with van der Waals surface area (Å²) in [6.07, 6.45) is 0. The lowest BCUT2D eigenvalue weighted by Gasteiger charge is -2.03. The van der Waals surface area contributed by atoms with Crippen LogP contribution in [-0.2, 0) is 4.74 Å². The molecular weight excluding hydrogens is 368 g/mol. The number of nitrogens with one attached hydrogen (secondary N) is 1. The van der Waals surface area contributed by atoms with Gasteiger partial charge in [0, 0.05) is 10.9 Å². The van der Waals surface area contributed by atoms with Gasteiger partial charge in [-0.2, -0.15) is 4.98 Å². The molecule has 10 heteroatoms. The van der Waals surface area contributed by atoms with E-state index in [-0.39, 0.29) is 5.69 Å². The second-order valence-corrected chi connectivity index (χ2v) is 6.24. The predicted molar refractivity (Wildman–Crippen MR) is 99.5 cm³/mol. The molecule has 4 aromatic rings. The van der Waals surface area contributed by atoms with Gasteiger partial charge in [-0.05, 0) is 24.3 Å². The van der Waals surface area contributed by atoms with Gasteiger partial charge in [0.05, 0.1) is 19.9 Å². The fourth-order valence-corrected chi connectivity index (χ4v) is 3.27.